The smallest absolute Gasteiger partial charge is 0.276 e. The van der Waals surface area contributed by atoms with Gasteiger partial charge in [-0.2, -0.15) is 5.10 Å². The Bertz CT molecular complexity index is 1170. The molecular weight excluding hydrogens is 395 g/mol. The van der Waals surface area contributed by atoms with Gasteiger partial charge in [0.15, 0.2) is 0 Å². The largest absolute Gasteiger partial charge is 0.288 e. The fraction of sp³-hybridized carbons (Fsp3) is 0.100. The summed E-state index contributed by atoms with van der Waals surface area (Å²) >= 11 is 6.03. The number of nitrogens with zero attached hydrogens (tertiary/aromatic N) is 4. The van der Waals surface area contributed by atoms with E-state index in [0.717, 1.165) is 11.1 Å². The zero-order valence-electron chi connectivity index (χ0n) is 15.4. The summed E-state index contributed by atoms with van der Waals surface area (Å²) in [6.07, 6.45) is 1.46. The summed E-state index contributed by atoms with van der Waals surface area (Å²) in [7, 11) is 0. The Balaban J connectivity index is 1.43. The minimum absolute atomic E-state index is 0.139. The number of anilines is 1. The first kappa shape index (κ1) is 18.8. The van der Waals surface area contributed by atoms with E-state index >= 15 is 0 Å². The van der Waals surface area contributed by atoms with Gasteiger partial charge in [-0.25, -0.2) is 14.1 Å². The number of rotatable bonds is 5. The fourth-order valence-corrected chi connectivity index (χ4v) is 2.96. The van der Waals surface area contributed by atoms with E-state index < -0.39 is 11.7 Å². The molecule has 0 saturated carbocycles. The molecule has 0 unspecified atom stereocenters. The number of H-pyrrole nitrogens is 1. The van der Waals surface area contributed by atoms with Gasteiger partial charge in [0.2, 0.25) is 5.95 Å². The lowest BCUT2D eigenvalue weighted by Crippen LogP contribution is -2.14. The van der Waals surface area contributed by atoms with Gasteiger partial charge in [-0.05, 0) is 30.7 Å². The Kier molecular flexibility index (Phi) is 5.09. The van der Waals surface area contributed by atoms with Gasteiger partial charge >= 0.3 is 0 Å². The minimum atomic E-state index is -0.409. The molecule has 2 aromatic heterocycles. The average molecular weight is 411 g/mol. The summed E-state index contributed by atoms with van der Waals surface area (Å²) in [5.41, 5.74) is 3.69. The normalized spacial score (nSPS) is 10.9. The van der Waals surface area contributed by atoms with Crippen molar-refractivity contribution in [3.05, 3.63) is 82.5 Å². The van der Waals surface area contributed by atoms with Crippen LogP contribution in [0.5, 0.6) is 0 Å². The number of nitrogens with one attached hydrogen (secondary N) is 2. The van der Waals surface area contributed by atoms with E-state index in [-0.39, 0.29) is 5.95 Å². The SMILES string of the molecule is Cc1ccc(-c2cc(C(=O)Nc3ncn(Cc4ccc(F)cc4Cl)n3)[nH]n2)cc1. The highest BCUT2D eigenvalue weighted by atomic mass is 35.5. The maximum Gasteiger partial charge on any atom is 0.276 e. The third-order valence-electron chi connectivity index (χ3n) is 4.28. The standard InChI is InChI=1S/C20H16ClFN6O/c1-12-2-4-13(5-3-12)17-9-18(26-25-17)19(29)24-20-23-11-28(27-20)10-14-6-7-15(22)8-16(14)21/h2-9,11H,10H2,1H3,(H,25,26)(H,24,27,29). The highest BCUT2D eigenvalue weighted by Crippen LogP contribution is 2.19. The molecule has 2 N–H and O–H groups in total. The van der Waals surface area contributed by atoms with Crippen LogP contribution in [0, 0.1) is 12.7 Å². The Morgan fingerprint density at radius 3 is 2.76 bits per heavy atom. The number of aryl methyl sites for hydroxylation is 1. The average Bonchev–Trinajstić information content (AvgIpc) is 3.34. The van der Waals surface area contributed by atoms with E-state index in [4.69, 9.17) is 11.6 Å². The minimum Gasteiger partial charge on any atom is -0.288 e. The Labute approximate surface area is 170 Å². The number of aromatic amines is 1. The molecule has 0 spiro atoms. The van der Waals surface area contributed by atoms with Crippen LogP contribution in [0.4, 0.5) is 10.3 Å². The van der Waals surface area contributed by atoms with Crippen LogP contribution < -0.4 is 5.32 Å². The summed E-state index contributed by atoms with van der Waals surface area (Å²) in [5, 5.41) is 14.0. The van der Waals surface area contributed by atoms with Crippen molar-refractivity contribution in [3.63, 3.8) is 0 Å². The molecule has 0 saturated heterocycles. The van der Waals surface area contributed by atoms with Crippen molar-refractivity contribution in [2.24, 2.45) is 0 Å². The molecule has 0 aliphatic carbocycles. The second-order valence-electron chi connectivity index (χ2n) is 6.49. The van der Waals surface area contributed by atoms with Gasteiger partial charge in [-0.15, -0.1) is 5.10 Å². The van der Waals surface area contributed by atoms with Crippen molar-refractivity contribution in [2.45, 2.75) is 13.5 Å². The molecule has 0 fully saturated rings. The molecule has 146 valence electrons. The molecule has 2 aromatic carbocycles. The maximum atomic E-state index is 13.1. The predicted octanol–water partition coefficient (Wildman–Crippen LogP) is 4.07. The number of amides is 1. The molecule has 0 atom stereocenters. The van der Waals surface area contributed by atoms with Gasteiger partial charge in [0.05, 0.1) is 12.2 Å². The van der Waals surface area contributed by atoms with Crippen molar-refractivity contribution >= 4 is 23.5 Å². The lowest BCUT2D eigenvalue weighted by atomic mass is 10.1. The predicted molar refractivity (Wildman–Crippen MR) is 107 cm³/mol. The second kappa shape index (κ2) is 7.84. The van der Waals surface area contributed by atoms with Gasteiger partial charge in [0, 0.05) is 10.6 Å². The van der Waals surface area contributed by atoms with Gasteiger partial charge < -0.3 is 0 Å². The van der Waals surface area contributed by atoms with Crippen LogP contribution in [0.25, 0.3) is 11.3 Å². The first-order chi connectivity index (χ1) is 14.0. The highest BCUT2D eigenvalue weighted by Gasteiger charge is 2.14. The molecule has 1 amide bonds. The number of aromatic nitrogens is 5. The van der Waals surface area contributed by atoms with E-state index in [0.29, 0.717) is 28.5 Å². The molecule has 7 nitrogen and oxygen atoms in total. The third kappa shape index (κ3) is 4.33. The van der Waals surface area contributed by atoms with Crippen LogP contribution in [0.3, 0.4) is 0 Å². The summed E-state index contributed by atoms with van der Waals surface area (Å²) in [6, 6.07) is 13.6. The first-order valence-corrected chi connectivity index (χ1v) is 9.13. The molecule has 29 heavy (non-hydrogen) atoms. The van der Waals surface area contributed by atoms with Gasteiger partial charge in [-0.1, -0.05) is 47.5 Å². The van der Waals surface area contributed by atoms with Crippen molar-refractivity contribution in [2.75, 3.05) is 5.32 Å². The van der Waals surface area contributed by atoms with Crippen LogP contribution in [-0.4, -0.2) is 30.9 Å². The molecule has 2 heterocycles. The zero-order chi connectivity index (χ0) is 20.4. The second-order valence-corrected chi connectivity index (χ2v) is 6.90. The summed E-state index contributed by atoms with van der Waals surface area (Å²) < 4.78 is 14.6. The van der Waals surface area contributed by atoms with Crippen LogP contribution in [-0.2, 0) is 6.54 Å². The molecule has 0 aliphatic rings. The number of hydrogen-bond acceptors (Lipinski definition) is 4. The van der Waals surface area contributed by atoms with Crippen LogP contribution in [0.2, 0.25) is 5.02 Å². The molecule has 4 rings (SSSR count). The van der Waals surface area contributed by atoms with Crippen LogP contribution in [0.1, 0.15) is 21.6 Å². The quantitative estimate of drug-likeness (QED) is 0.519. The lowest BCUT2D eigenvalue weighted by Gasteiger charge is -2.04. The summed E-state index contributed by atoms with van der Waals surface area (Å²) in [4.78, 5) is 16.5. The van der Waals surface area contributed by atoms with Gasteiger partial charge in [-0.3, -0.25) is 15.2 Å². The van der Waals surface area contributed by atoms with Gasteiger partial charge in [0.1, 0.15) is 17.8 Å². The Hall–Kier alpha value is -3.52. The molecule has 0 aliphatic heterocycles. The monoisotopic (exact) mass is 410 g/mol. The Morgan fingerprint density at radius 2 is 2.00 bits per heavy atom. The first-order valence-electron chi connectivity index (χ1n) is 8.75. The summed E-state index contributed by atoms with van der Waals surface area (Å²) in [5.74, 6) is -0.678. The van der Waals surface area contributed by atoms with Crippen molar-refractivity contribution in [1.82, 2.24) is 25.0 Å². The van der Waals surface area contributed by atoms with E-state index in [1.54, 1.807) is 12.1 Å². The highest BCUT2D eigenvalue weighted by molar-refractivity contribution is 6.31. The van der Waals surface area contributed by atoms with Crippen molar-refractivity contribution < 1.29 is 9.18 Å². The molecule has 0 radical (unpaired) electrons. The van der Waals surface area contributed by atoms with E-state index in [1.165, 1.54) is 23.1 Å². The molecule has 4 aromatic rings. The molecule has 9 heteroatoms. The maximum absolute atomic E-state index is 13.1. The number of hydrogen-bond donors (Lipinski definition) is 2. The van der Waals surface area contributed by atoms with E-state index in [1.807, 2.05) is 31.2 Å². The zero-order valence-corrected chi connectivity index (χ0v) is 16.1. The van der Waals surface area contributed by atoms with E-state index in [2.05, 4.69) is 25.6 Å². The van der Waals surface area contributed by atoms with Crippen molar-refractivity contribution in [1.29, 1.82) is 0 Å². The number of halogens is 2. The third-order valence-corrected chi connectivity index (χ3v) is 4.63. The Morgan fingerprint density at radius 1 is 1.21 bits per heavy atom. The van der Waals surface area contributed by atoms with Crippen LogP contribution >= 0.6 is 11.6 Å². The molecular formula is C20H16ClFN6O. The van der Waals surface area contributed by atoms with E-state index in [9.17, 15) is 9.18 Å². The number of carbonyl (C=O) groups is 1. The molecule has 0 bridgehead atoms. The summed E-state index contributed by atoms with van der Waals surface area (Å²) in [6.45, 7) is 2.30. The van der Waals surface area contributed by atoms with Gasteiger partial charge in [0.25, 0.3) is 5.91 Å². The topological polar surface area (TPSA) is 88.5 Å². The number of carbonyl (C=O) groups excluding carboxylic acids is 1. The number of benzene rings is 2. The fourth-order valence-electron chi connectivity index (χ4n) is 2.73. The lowest BCUT2D eigenvalue weighted by molar-refractivity contribution is 0.102. The van der Waals surface area contributed by atoms with Crippen molar-refractivity contribution in [3.8, 4) is 11.3 Å². The van der Waals surface area contributed by atoms with Crippen LogP contribution in [0.15, 0.2) is 54.9 Å².